The van der Waals surface area contributed by atoms with Crippen LogP contribution in [0.2, 0.25) is 0 Å². The van der Waals surface area contributed by atoms with E-state index in [-0.39, 0.29) is 17.5 Å². The normalized spacial score (nSPS) is 17.3. The van der Waals surface area contributed by atoms with Crippen LogP contribution in [0.3, 0.4) is 0 Å². The van der Waals surface area contributed by atoms with Gasteiger partial charge < -0.3 is 14.8 Å². The maximum atomic E-state index is 13.5. The maximum Gasteiger partial charge on any atom is 0.161 e. The Hall–Kier alpha value is -3.61. The fraction of sp³-hybridized carbons (Fsp3) is 0.308. The number of methoxy groups -OCH3 is 1. The van der Waals surface area contributed by atoms with Gasteiger partial charge in [-0.15, -0.1) is 0 Å². The van der Waals surface area contributed by atoms with Gasteiger partial charge in [0.05, 0.1) is 25.1 Å². The number of rotatable bonds is 5. The summed E-state index contributed by atoms with van der Waals surface area (Å²) in [6.07, 6.45) is 2.13. The lowest BCUT2D eigenvalue weighted by atomic mass is 9.76. The summed E-state index contributed by atoms with van der Waals surface area (Å²) in [5, 5.41) is 8.28. The maximum absolute atomic E-state index is 13.5. The fourth-order valence-corrected chi connectivity index (χ4v) is 4.86. The zero-order chi connectivity index (χ0) is 23.1. The number of aryl methyl sites for hydroxylation is 1. The summed E-state index contributed by atoms with van der Waals surface area (Å²) in [4.78, 5) is 13.1. The van der Waals surface area contributed by atoms with E-state index >= 15 is 0 Å². The van der Waals surface area contributed by atoms with Gasteiger partial charge >= 0.3 is 0 Å². The minimum Gasteiger partial charge on any atom is -0.493 e. The number of carbonyl (C=O) groups is 1. The Morgan fingerprint density at radius 2 is 1.94 bits per heavy atom. The molecule has 170 valence electrons. The summed E-state index contributed by atoms with van der Waals surface area (Å²) < 4.78 is 26.6. The van der Waals surface area contributed by atoms with Crippen molar-refractivity contribution in [2.75, 3.05) is 19.0 Å². The van der Waals surface area contributed by atoms with Crippen LogP contribution < -0.4 is 14.8 Å². The van der Waals surface area contributed by atoms with Gasteiger partial charge in [-0.1, -0.05) is 6.07 Å². The highest BCUT2D eigenvalue weighted by Gasteiger charge is 2.39. The second-order valence-corrected chi connectivity index (χ2v) is 8.31. The molecule has 0 spiro atoms. The van der Waals surface area contributed by atoms with Gasteiger partial charge in [-0.3, -0.25) is 4.79 Å². The monoisotopic (exact) mass is 447 g/mol. The molecule has 0 fully saturated rings. The molecule has 2 aliphatic rings. The molecule has 6 nitrogen and oxygen atoms in total. The molecule has 0 unspecified atom stereocenters. The second-order valence-electron chi connectivity index (χ2n) is 8.31. The first-order valence-electron chi connectivity index (χ1n) is 11.2. The third-order valence-electron chi connectivity index (χ3n) is 6.30. The van der Waals surface area contributed by atoms with Crippen molar-refractivity contribution in [2.24, 2.45) is 0 Å². The topological polar surface area (TPSA) is 65.4 Å². The van der Waals surface area contributed by atoms with E-state index in [9.17, 15) is 9.18 Å². The molecule has 1 atom stereocenters. The number of hydrogen-bond donors (Lipinski definition) is 1. The van der Waals surface area contributed by atoms with E-state index in [1.54, 1.807) is 23.9 Å². The van der Waals surface area contributed by atoms with Gasteiger partial charge in [-0.25, -0.2) is 9.07 Å². The molecule has 2 aromatic carbocycles. The SMILES string of the molecule is CCOc1ccc([C@H]2C3=C(CCCC3=O)Nc3c2c(C)nn3-c2ccc(F)cc2)cc1OC. The number of Topliss-reactive ketones (excluding diaryl/α,β-unsaturated/α-hetero) is 1. The summed E-state index contributed by atoms with van der Waals surface area (Å²) in [5.41, 5.74) is 5.18. The van der Waals surface area contributed by atoms with Crippen molar-refractivity contribution in [1.82, 2.24) is 9.78 Å². The van der Waals surface area contributed by atoms with Gasteiger partial charge in [-0.2, -0.15) is 5.10 Å². The predicted octanol–water partition coefficient (Wildman–Crippen LogP) is 5.29. The van der Waals surface area contributed by atoms with Crippen LogP contribution in [0.15, 0.2) is 53.7 Å². The van der Waals surface area contributed by atoms with Crippen LogP contribution in [0.5, 0.6) is 11.5 Å². The van der Waals surface area contributed by atoms with E-state index in [1.807, 2.05) is 32.0 Å². The smallest absolute Gasteiger partial charge is 0.161 e. The van der Waals surface area contributed by atoms with Crippen LogP contribution >= 0.6 is 0 Å². The average molecular weight is 448 g/mol. The Morgan fingerprint density at radius 1 is 1.15 bits per heavy atom. The molecule has 5 rings (SSSR count). The molecule has 1 aliphatic carbocycles. The number of ether oxygens (including phenoxy) is 2. The number of aromatic nitrogens is 2. The number of nitrogens with zero attached hydrogens (tertiary/aromatic N) is 2. The van der Waals surface area contributed by atoms with Crippen molar-refractivity contribution in [1.29, 1.82) is 0 Å². The Labute approximate surface area is 192 Å². The molecule has 0 amide bonds. The van der Waals surface area contributed by atoms with Gasteiger partial charge in [0.1, 0.15) is 11.6 Å². The molecule has 33 heavy (non-hydrogen) atoms. The number of nitrogens with one attached hydrogen (secondary N) is 1. The van der Waals surface area contributed by atoms with Crippen LogP contribution in [-0.4, -0.2) is 29.3 Å². The minimum atomic E-state index is -0.299. The molecular formula is C26H26FN3O3. The van der Waals surface area contributed by atoms with E-state index < -0.39 is 0 Å². The summed E-state index contributed by atoms with van der Waals surface area (Å²) >= 11 is 0. The van der Waals surface area contributed by atoms with Crippen molar-refractivity contribution >= 4 is 11.6 Å². The van der Waals surface area contributed by atoms with Crippen LogP contribution in [0.4, 0.5) is 10.2 Å². The van der Waals surface area contributed by atoms with Gasteiger partial charge in [0.25, 0.3) is 0 Å². The quantitative estimate of drug-likeness (QED) is 0.576. The van der Waals surface area contributed by atoms with E-state index in [0.29, 0.717) is 24.5 Å². The number of fused-ring (bicyclic) bond motifs is 1. The molecule has 0 saturated carbocycles. The number of benzene rings is 2. The lowest BCUT2D eigenvalue weighted by Gasteiger charge is -2.33. The van der Waals surface area contributed by atoms with Crippen LogP contribution in [0.1, 0.15) is 48.9 Å². The molecule has 7 heteroatoms. The molecular weight excluding hydrogens is 421 g/mol. The minimum absolute atomic E-state index is 0.154. The highest BCUT2D eigenvalue weighted by molar-refractivity contribution is 6.01. The van der Waals surface area contributed by atoms with E-state index in [4.69, 9.17) is 14.6 Å². The largest absolute Gasteiger partial charge is 0.493 e. The summed E-state index contributed by atoms with van der Waals surface area (Å²) in [7, 11) is 1.61. The number of hydrogen-bond acceptors (Lipinski definition) is 5. The third kappa shape index (κ3) is 3.57. The lowest BCUT2D eigenvalue weighted by Crippen LogP contribution is -2.27. The zero-order valence-corrected chi connectivity index (χ0v) is 18.9. The van der Waals surface area contributed by atoms with Crippen molar-refractivity contribution < 1.29 is 18.7 Å². The fourth-order valence-electron chi connectivity index (χ4n) is 4.86. The highest BCUT2D eigenvalue weighted by Crippen LogP contribution is 2.48. The summed E-state index contributed by atoms with van der Waals surface area (Å²) in [6, 6.07) is 12.1. The van der Waals surface area contributed by atoms with E-state index in [0.717, 1.165) is 52.4 Å². The van der Waals surface area contributed by atoms with Crippen molar-refractivity contribution in [3.05, 3.63) is 76.4 Å². The van der Waals surface area contributed by atoms with Crippen molar-refractivity contribution in [3.63, 3.8) is 0 Å². The molecule has 0 radical (unpaired) electrons. The first-order chi connectivity index (χ1) is 16.0. The molecule has 1 aliphatic heterocycles. The van der Waals surface area contributed by atoms with E-state index in [1.165, 1.54) is 12.1 Å². The van der Waals surface area contributed by atoms with Crippen molar-refractivity contribution in [2.45, 2.75) is 39.0 Å². The number of carbonyl (C=O) groups excluding carboxylic acids is 1. The van der Waals surface area contributed by atoms with Crippen LogP contribution in [0, 0.1) is 12.7 Å². The van der Waals surface area contributed by atoms with Gasteiger partial charge in [-0.05, 0) is 68.7 Å². The molecule has 0 saturated heterocycles. The Bertz CT molecular complexity index is 1260. The van der Waals surface area contributed by atoms with Gasteiger partial charge in [0.15, 0.2) is 17.3 Å². The summed E-state index contributed by atoms with van der Waals surface area (Å²) in [6.45, 7) is 4.40. The Morgan fingerprint density at radius 3 is 2.67 bits per heavy atom. The van der Waals surface area contributed by atoms with Crippen LogP contribution in [-0.2, 0) is 4.79 Å². The second kappa shape index (κ2) is 8.39. The summed E-state index contributed by atoms with van der Waals surface area (Å²) in [5.74, 6) is 1.69. The van der Waals surface area contributed by atoms with E-state index in [2.05, 4.69) is 5.32 Å². The first kappa shape index (κ1) is 21.2. The average Bonchev–Trinajstić information content (AvgIpc) is 3.15. The molecule has 2 heterocycles. The Balaban J connectivity index is 1.71. The number of halogens is 1. The number of ketones is 1. The molecule has 0 bridgehead atoms. The Kier molecular flexibility index (Phi) is 5.40. The first-order valence-corrected chi connectivity index (χ1v) is 11.2. The van der Waals surface area contributed by atoms with Crippen molar-refractivity contribution in [3.8, 4) is 17.2 Å². The predicted molar refractivity (Wildman–Crippen MR) is 124 cm³/mol. The number of anilines is 1. The third-order valence-corrected chi connectivity index (χ3v) is 6.30. The van der Waals surface area contributed by atoms with Crippen LogP contribution in [0.25, 0.3) is 5.69 Å². The number of allylic oxidation sites excluding steroid dienone is 2. The molecule has 3 aromatic rings. The highest BCUT2D eigenvalue weighted by atomic mass is 19.1. The standard InChI is InChI=1S/C26H26FN3O3/c1-4-33-21-13-8-16(14-22(21)32-3)24-23-15(2)29-30(18-11-9-17(27)10-12-18)26(23)28-19-6-5-7-20(31)25(19)24/h8-14,24,28H,4-7H2,1-3H3/t24-/m1/s1. The zero-order valence-electron chi connectivity index (χ0n) is 18.9. The molecule has 1 N–H and O–H groups in total. The van der Waals surface area contributed by atoms with Gasteiger partial charge in [0, 0.05) is 29.2 Å². The lowest BCUT2D eigenvalue weighted by molar-refractivity contribution is -0.116. The molecule has 1 aromatic heterocycles. The van der Waals surface area contributed by atoms with Gasteiger partial charge in [0.2, 0.25) is 0 Å².